The highest BCUT2D eigenvalue weighted by Crippen LogP contribution is 2.50. The molecular formula is C23H27NO6. The molecule has 7 nitrogen and oxygen atoms in total. The molecule has 30 heavy (non-hydrogen) atoms. The quantitative estimate of drug-likeness (QED) is 0.367. The van der Waals surface area contributed by atoms with Crippen LogP contribution in [0.3, 0.4) is 0 Å². The SMILES string of the molecule is CC1(C)C=C(O)C(C(c2cccc([N+](=O)[O-])c2)C2C(O)=CC(C)(C)C=C2O)C(O)=C1. The van der Waals surface area contributed by atoms with Crippen molar-refractivity contribution >= 4 is 5.69 Å². The Morgan fingerprint density at radius 3 is 1.60 bits per heavy atom. The number of non-ortho nitro benzene ring substituents is 1. The molecular weight excluding hydrogens is 386 g/mol. The van der Waals surface area contributed by atoms with Crippen molar-refractivity contribution in [3.05, 3.63) is 87.3 Å². The van der Waals surface area contributed by atoms with E-state index in [1.807, 2.05) is 27.7 Å². The highest BCUT2D eigenvalue weighted by Gasteiger charge is 2.44. The number of allylic oxidation sites excluding steroid dienone is 4. The molecule has 0 atom stereocenters. The van der Waals surface area contributed by atoms with Crippen LogP contribution in [0.5, 0.6) is 0 Å². The molecule has 1 aromatic carbocycles. The van der Waals surface area contributed by atoms with E-state index in [9.17, 15) is 30.5 Å². The summed E-state index contributed by atoms with van der Waals surface area (Å²) < 4.78 is 0. The molecule has 0 fully saturated rings. The first-order valence-corrected chi connectivity index (χ1v) is 9.72. The molecule has 0 saturated heterocycles. The summed E-state index contributed by atoms with van der Waals surface area (Å²) in [6.45, 7) is 7.26. The Labute approximate surface area is 175 Å². The van der Waals surface area contributed by atoms with Crippen molar-refractivity contribution < 1.29 is 25.3 Å². The van der Waals surface area contributed by atoms with Gasteiger partial charge in [-0.05, 0) is 29.9 Å². The molecule has 0 heterocycles. The highest BCUT2D eigenvalue weighted by molar-refractivity contribution is 5.43. The molecule has 0 aromatic heterocycles. The maximum Gasteiger partial charge on any atom is 0.269 e. The molecule has 1 aromatic rings. The Morgan fingerprint density at radius 1 is 0.833 bits per heavy atom. The van der Waals surface area contributed by atoms with Crippen molar-refractivity contribution in [2.24, 2.45) is 22.7 Å². The Bertz CT molecular complexity index is 903. The van der Waals surface area contributed by atoms with E-state index in [0.717, 1.165) is 0 Å². The van der Waals surface area contributed by atoms with Crippen molar-refractivity contribution in [3.8, 4) is 0 Å². The van der Waals surface area contributed by atoms with Gasteiger partial charge in [-0.25, -0.2) is 0 Å². The van der Waals surface area contributed by atoms with Gasteiger partial charge in [0, 0.05) is 28.9 Å². The third-order valence-corrected chi connectivity index (χ3v) is 5.54. The van der Waals surface area contributed by atoms with Crippen LogP contribution in [-0.2, 0) is 0 Å². The summed E-state index contributed by atoms with van der Waals surface area (Å²) in [5.41, 5.74) is -0.952. The molecule has 0 aliphatic heterocycles. The molecule has 7 heteroatoms. The van der Waals surface area contributed by atoms with Gasteiger partial charge in [-0.2, -0.15) is 0 Å². The fraction of sp³-hybridized carbons (Fsp3) is 0.391. The molecule has 0 bridgehead atoms. The molecule has 160 valence electrons. The number of aliphatic hydroxyl groups excluding tert-OH is 4. The fourth-order valence-electron chi connectivity index (χ4n) is 4.43. The summed E-state index contributed by atoms with van der Waals surface area (Å²) in [6.07, 6.45) is 6.37. The van der Waals surface area contributed by atoms with E-state index < -0.39 is 33.5 Å². The number of nitro benzene ring substituents is 1. The normalized spacial score (nSPS) is 21.5. The zero-order chi connectivity index (χ0) is 22.4. The van der Waals surface area contributed by atoms with Crippen LogP contribution in [0.4, 0.5) is 5.69 Å². The van der Waals surface area contributed by atoms with Crippen molar-refractivity contribution in [2.75, 3.05) is 0 Å². The maximum atomic E-state index is 11.3. The lowest BCUT2D eigenvalue weighted by molar-refractivity contribution is -0.384. The van der Waals surface area contributed by atoms with Crippen LogP contribution < -0.4 is 0 Å². The van der Waals surface area contributed by atoms with Gasteiger partial charge in [0.25, 0.3) is 5.69 Å². The summed E-state index contributed by atoms with van der Waals surface area (Å²) in [6, 6.07) is 5.80. The summed E-state index contributed by atoms with van der Waals surface area (Å²) in [7, 11) is 0. The van der Waals surface area contributed by atoms with Crippen LogP contribution in [0.1, 0.15) is 39.2 Å². The molecule has 2 aliphatic carbocycles. The molecule has 4 N–H and O–H groups in total. The van der Waals surface area contributed by atoms with Gasteiger partial charge in [0.2, 0.25) is 0 Å². The molecule has 0 radical (unpaired) electrons. The van der Waals surface area contributed by atoms with E-state index >= 15 is 0 Å². The predicted molar refractivity (Wildman–Crippen MR) is 113 cm³/mol. The second-order valence-electron chi connectivity index (χ2n) is 9.25. The van der Waals surface area contributed by atoms with Crippen LogP contribution in [0.2, 0.25) is 0 Å². The molecule has 0 saturated carbocycles. The van der Waals surface area contributed by atoms with E-state index in [1.54, 1.807) is 30.4 Å². The Morgan fingerprint density at radius 2 is 1.23 bits per heavy atom. The lowest BCUT2D eigenvalue weighted by atomic mass is 9.67. The van der Waals surface area contributed by atoms with Crippen LogP contribution in [0.25, 0.3) is 0 Å². The van der Waals surface area contributed by atoms with Gasteiger partial charge < -0.3 is 20.4 Å². The van der Waals surface area contributed by atoms with E-state index in [2.05, 4.69) is 0 Å². The van der Waals surface area contributed by atoms with Crippen molar-refractivity contribution in [1.82, 2.24) is 0 Å². The Hall–Kier alpha value is -3.22. The van der Waals surface area contributed by atoms with Gasteiger partial charge >= 0.3 is 0 Å². The minimum atomic E-state index is -0.989. The van der Waals surface area contributed by atoms with Gasteiger partial charge in [0.1, 0.15) is 23.0 Å². The zero-order valence-electron chi connectivity index (χ0n) is 17.4. The fourth-order valence-corrected chi connectivity index (χ4v) is 4.43. The number of nitro groups is 1. The largest absolute Gasteiger partial charge is 0.512 e. The number of rotatable bonds is 4. The molecule has 3 rings (SSSR count). The Balaban J connectivity index is 2.21. The van der Waals surface area contributed by atoms with Crippen LogP contribution in [-0.4, -0.2) is 25.3 Å². The molecule has 0 amide bonds. The lowest BCUT2D eigenvalue weighted by Crippen LogP contribution is -2.33. The van der Waals surface area contributed by atoms with Gasteiger partial charge in [-0.3, -0.25) is 10.1 Å². The standard InChI is InChI=1S/C23H27NO6/c1-22(2)9-15(25)20(16(26)10-22)19(13-6-5-7-14(8-13)24(29)30)21-17(27)11-23(3,4)12-18(21)28/h5-12,19-21,25-28H,1-4H3. The average molecular weight is 413 g/mol. The second kappa shape index (κ2) is 7.23. The zero-order valence-corrected chi connectivity index (χ0v) is 17.4. The maximum absolute atomic E-state index is 11.3. The number of hydrogen-bond acceptors (Lipinski definition) is 6. The molecule has 0 spiro atoms. The summed E-state index contributed by atoms with van der Waals surface area (Å²) in [5.74, 6) is -3.35. The molecule has 0 unspecified atom stereocenters. The van der Waals surface area contributed by atoms with Gasteiger partial charge in [0.15, 0.2) is 0 Å². The first kappa shape index (κ1) is 21.5. The second-order valence-corrected chi connectivity index (χ2v) is 9.25. The number of aliphatic hydroxyl groups is 4. The van der Waals surface area contributed by atoms with Crippen molar-refractivity contribution in [1.29, 1.82) is 0 Å². The van der Waals surface area contributed by atoms with Gasteiger partial charge in [-0.15, -0.1) is 0 Å². The van der Waals surface area contributed by atoms with Crippen molar-refractivity contribution in [2.45, 2.75) is 33.6 Å². The summed E-state index contributed by atoms with van der Waals surface area (Å²) in [4.78, 5) is 10.8. The first-order valence-electron chi connectivity index (χ1n) is 9.72. The number of hydrogen-bond donors (Lipinski definition) is 4. The number of benzene rings is 1. The third kappa shape index (κ3) is 4.06. The van der Waals surface area contributed by atoms with Crippen LogP contribution in [0.15, 0.2) is 71.6 Å². The minimum absolute atomic E-state index is 0.123. The third-order valence-electron chi connectivity index (χ3n) is 5.54. The van der Waals surface area contributed by atoms with E-state index in [0.29, 0.717) is 5.56 Å². The van der Waals surface area contributed by atoms with E-state index in [-0.39, 0.29) is 28.7 Å². The predicted octanol–water partition coefficient (Wildman–Crippen LogP) is 5.76. The van der Waals surface area contributed by atoms with Crippen LogP contribution in [0, 0.1) is 32.8 Å². The monoisotopic (exact) mass is 413 g/mol. The summed E-state index contributed by atoms with van der Waals surface area (Å²) in [5, 5.41) is 54.6. The van der Waals surface area contributed by atoms with Crippen LogP contribution >= 0.6 is 0 Å². The van der Waals surface area contributed by atoms with E-state index in [4.69, 9.17) is 0 Å². The van der Waals surface area contributed by atoms with E-state index in [1.165, 1.54) is 18.2 Å². The smallest absolute Gasteiger partial charge is 0.269 e. The minimum Gasteiger partial charge on any atom is -0.512 e. The Kier molecular flexibility index (Phi) is 5.18. The van der Waals surface area contributed by atoms with Gasteiger partial charge in [0.05, 0.1) is 16.8 Å². The average Bonchev–Trinajstić information content (AvgIpc) is 2.57. The first-order chi connectivity index (χ1) is 13.8. The lowest BCUT2D eigenvalue weighted by Gasteiger charge is -2.38. The topological polar surface area (TPSA) is 124 Å². The molecule has 2 aliphatic rings. The van der Waals surface area contributed by atoms with Crippen molar-refractivity contribution in [3.63, 3.8) is 0 Å². The number of nitrogens with zero attached hydrogens (tertiary/aromatic N) is 1. The highest BCUT2D eigenvalue weighted by atomic mass is 16.6. The van der Waals surface area contributed by atoms with Gasteiger partial charge in [-0.1, -0.05) is 39.8 Å². The summed E-state index contributed by atoms with van der Waals surface area (Å²) >= 11 is 0.